The van der Waals surface area contributed by atoms with Crippen LogP contribution in [0.15, 0.2) is 0 Å². The maximum Gasteiger partial charge on any atom is 0 e. The van der Waals surface area contributed by atoms with Crippen LogP contribution < -0.4 is 0 Å². The third kappa shape index (κ3) is 0.00602. The van der Waals surface area contributed by atoms with Gasteiger partial charge in [-0.2, -0.15) is 0 Å². The van der Waals surface area contributed by atoms with Crippen LogP contribution in [0.3, 0.4) is 0 Å². The standard InChI is InChI=1S/2Cf.3O/q;;3*-2. The minimum Gasteiger partial charge on any atom is -2.00 e. The van der Waals surface area contributed by atoms with Crippen LogP contribution in [0.2, 0.25) is 0 Å². The van der Waals surface area contributed by atoms with Gasteiger partial charge >= 0.3 is 0 Å². The minimum atomic E-state index is 0. The summed E-state index contributed by atoms with van der Waals surface area (Å²) in [6.45, 7) is 0. The molecule has 0 unspecified atom stereocenters. The molecule has 0 spiro atoms. The fourth-order valence-electron chi connectivity index (χ4n) is 0. The molecule has 0 aliphatic rings. The smallest absolute Gasteiger partial charge is 0 e. The number of hydrogen-bond acceptors (Lipinski definition) is 0. The van der Waals surface area contributed by atoms with Gasteiger partial charge in [-0.1, -0.05) is 0 Å². The molecule has 0 saturated carbocycles. The molecule has 0 amide bonds. The molecule has 0 saturated heterocycles. The topological polar surface area (TPSA) is 85.5 Å². The number of rotatable bonds is 0. The molecule has 0 fully saturated rings. The fraction of sp³-hybridized carbons (Fsp3) is 0. The van der Waals surface area contributed by atoms with Crippen LogP contribution in [0.4, 0.5) is 0 Å². The van der Waals surface area contributed by atoms with Crippen LogP contribution in [0.25, 0.3) is 0 Å². The minimum absolute atomic E-state index is 0. The first-order valence-electron chi connectivity index (χ1n) is 0. The van der Waals surface area contributed by atoms with E-state index in [1.165, 1.54) is 0 Å². The fourth-order valence-corrected chi connectivity index (χ4v) is 0. The molecule has 0 aromatic heterocycles. The quantitative estimate of drug-likeness (QED) is 0.395. The third-order valence-corrected chi connectivity index (χ3v) is 0. The Hall–Kier alpha value is -2.12. The van der Waals surface area contributed by atoms with Crippen molar-refractivity contribution in [2.24, 2.45) is 0 Å². The van der Waals surface area contributed by atoms with E-state index in [-0.39, 0.29) is 16.4 Å². The summed E-state index contributed by atoms with van der Waals surface area (Å²) in [5.41, 5.74) is 0. The van der Waals surface area contributed by atoms with Crippen LogP contribution in [-0.4, -0.2) is 0 Å². The second-order valence-electron chi connectivity index (χ2n) is 0. The Bertz CT molecular complexity index is 4.85. The molecule has 0 heterocycles. The van der Waals surface area contributed by atoms with Gasteiger partial charge < -0.3 is 16.4 Å². The molecule has 5 heteroatoms. The number of hydrogen-bond donors (Lipinski definition) is 0. The summed E-state index contributed by atoms with van der Waals surface area (Å²) >= 11 is 0. The predicted molar refractivity (Wildman–Crippen MR) is 2.06 cm³/mol. The second-order valence-corrected chi connectivity index (χ2v) is 0. The van der Waals surface area contributed by atoms with Crippen molar-refractivity contribution in [2.45, 2.75) is 0 Å². The van der Waals surface area contributed by atoms with Gasteiger partial charge in [0.25, 0.3) is 0 Å². The Morgan fingerprint density at radius 3 is 0.400 bits per heavy atom. The van der Waals surface area contributed by atoms with E-state index in [0.717, 1.165) is 0 Å². The van der Waals surface area contributed by atoms with Crippen LogP contribution in [0, 0.1) is 0 Å². The summed E-state index contributed by atoms with van der Waals surface area (Å²) in [5.74, 6) is 0. The molecule has 0 N–H and O–H groups in total. The van der Waals surface area contributed by atoms with E-state index in [9.17, 15) is 0 Å². The van der Waals surface area contributed by atoms with Crippen molar-refractivity contribution in [3.63, 3.8) is 0 Å². The average molecular weight is 550 g/mol. The Morgan fingerprint density at radius 2 is 0.400 bits per heavy atom. The normalized spacial score (nSPS) is 0. The van der Waals surface area contributed by atoms with E-state index in [2.05, 4.69) is 0 Å². The summed E-state index contributed by atoms with van der Waals surface area (Å²) in [6.07, 6.45) is 0. The zero-order valence-electron chi connectivity index (χ0n) is 1.86. The van der Waals surface area contributed by atoms with Crippen LogP contribution in [0.5, 0.6) is 0 Å². The van der Waals surface area contributed by atoms with Crippen molar-refractivity contribution in [1.82, 2.24) is 0 Å². The van der Waals surface area contributed by atoms with Gasteiger partial charge in [0.1, 0.15) is 0 Å². The van der Waals surface area contributed by atoms with Crippen LogP contribution in [-0.2, 0) is 16.4 Å². The van der Waals surface area contributed by atoms with Crippen molar-refractivity contribution in [2.75, 3.05) is 0 Å². The van der Waals surface area contributed by atoms with Gasteiger partial charge in [-0.3, -0.25) is 0 Å². The average Bonchev–Trinajstić information content (AvgIpc) is 0. The van der Waals surface area contributed by atoms with Crippen molar-refractivity contribution in [3.05, 3.63) is 0 Å². The largest absolute Gasteiger partial charge is 2.00 e. The van der Waals surface area contributed by atoms with Crippen molar-refractivity contribution < 1.29 is 16.4 Å². The van der Waals surface area contributed by atoms with E-state index in [1.807, 2.05) is 0 Å². The van der Waals surface area contributed by atoms with Gasteiger partial charge in [0.15, 0.2) is 0 Å². The summed E-state index contributed by atoms with van der Waals surface area (Å²) in [5, 5.41) is 0. The van der Waals surface area contributed by atoms with Crippen molar-refractivity contribution in [1.29, 1.82) is 0 Å². The van der Waals surface area contributed by atoms with E-state index in [4.69, 9.17) is 0 Å². The van der Waals surface area contributed by atoms with Gasteiger partial charge in [-0.25, -0.2) is 0 Å². The summed E-state index contributed by atoms with van der Waals surface area (Å²) < 4.78 is 0. The van der Waals surface area contributed by atoms with Gasteiger partial charge in [-0.05, 0) is 0 Å². The monoisotopic (exact) mass is 546 g/mol. The second kappa shape index (κ2) is 0.324. The maximum atomic E-state index is 0. The Morgan fingerprint density at radius 1 is 0.400 bits per heavy atom. The third-order valence-electron chi connectivity index (χ3n) is 0. The molecule has 0 aliphatic carbocycles. The summed E-state index contributed by atoms with van der Waals surface area (Å²) in [7, 11) is 0. The molecule has 0 atom stereocenters. The SMILES string of the molecule is [Cf].[Cf].[O-2].[O-2].[O-2]. The zero-order valence-corrected chi connectivity index (χ0v) is 7.12. The molecule has 5 heavy (non-hydrogen) atoms. The molecule has 0 radical (unpaired) electrons. The molecular weight excluding hydrogens is 550 g/mol. The molecule has 3 nitrogen and oxygen atoms in total. The zero-order chi connectivity index (χ0) is 0. The summed E-state index contributed by atoms with van der Waals surface area (Å²) in [6, 6.07) is 0. The first-order chi connectivity index (χ1) is 0. The first-order valence-corrected chi connectivity index (χ1v) is 0. The van der Waals surface area contributed by atoms with Gasteiger partial charge in [0, 0.05) is 0 Å². The molecule has 0 aromatic rings. The first kappa shape index (κ1) is 2.26. The van der Waals surface area contributed by atoms with Gasteiger partial charge in [0.05, 0.1) is 0 Å². The molecule has 44 valence electrons. The summed E-state index contributed by atoms with van der Waals surface area (Å²) in [4.78, 5) is 0. The van der Waals surface area contributed by atoms with Gasteiger partial charge in [0.2, 0.25) is 0 Å². The van der Waals surface area contributed by atoms with Gasteiger partial charge in [-0.15, -0.1) is 0 Å². The van der Waals surface area contributed by atoms with E-state index >= 15 is 0 Å². The van der Waals surface area contributed by atoms with Crippen LogP contribution in [0.1, 0.15) is 0 Å². The maximum absolute atomic E-state index is 0. The van der Waals surface area contributed by atoms with Crippen molar-refractivity contribution in [3.8, 4) is 0 Å². The molecule has 0 aliphatic heterocycles. The molecule has 0 bridgehead atoms. The molecule has 0 rings (SSSR count). The van der Waals surface area contributed by atoms with E-state index < -0.39 is 0 Å². The Labute approximate surface area is 17.8 Å². The Balaban J connectivity index is 0. The molecule has 0 aromatic carbocycles. The Kier molecular flexibility index (Phi) is 0.147. The van der Waals surface area contributed by atoms with Crippen LogP contribution >= 0.6 is 0 Å². The van der Waals surface area contributed by atoms with E-state index in [1.54, 1.807) is 0 Å². The molecular formula is Cf2O3-6. The van der Waals surface area contributed by atoms with Crippen molar-refractivity contribution >= 4 is 0 Å². The predicted octanol–water partition coefficient (Wildman–Crippen LogP) is -0.356. The van der Waals surface area contributed by atoms with E-state index in [0.29, 0.717) is 0 Å².